The molecule has 3 rings (SSSR count). The maximum atomic E-state index is 12.7. The van der Waals surface area contributed by atoms with E-state index in [1.54, 1.807) is 4.68 Å². The first kappa shape index (κ1) is 15.7. The quantitative estimate of drug-likeness (QED) is 0.852. The van der Waals surface area contributed by atoms with Crippen LogP contribution in [0.2, 0.25) is 0 Å². The summed E-state index contributed by atoms with van der Waals surface area (Å²) in [4.78, 5) is 14.7. The number of hydrogen-bond acceptors (Lipinski definition) is 3. The van der Waals surface area contributed by atoms with E-state index in [0.717, 1.165) is 30.5 Å². The van der Waals surface area contributed by atoms with E-state index in [1.165, 1.54) is 0 Å². The Balaban J connectivity index is 1.62. The second-order valence-corrected chi connectivity index (χ2v) is 6.08. The van der Waals surface area contributed by atoms with Crippen molar-refractivity contribution < 1.29 is 9.53 Å². The van der Waals surface area contributed by atoms with Gasteiger partial charge in [0.2, 0.25) is 0 Å². The van der Waals surface area contributed by atoms with E-state index in [2.05, 4.69) is 5.10 Å². The van der Waals surface area contributed by atoms with Crippen molar-refractivity contribution in [2.75, 3.05) is 6.54 Å². The zero-order valence-corrected chi connectivity index (χ0v) is 13.7. The van der Waals surface area contributed by atoms with E-state index in [0.29, 0.717) is 6.61 Å². The number of aromatic nitrogens is 2. The highest BCUT2D eigenvalue weighted by molar-refractivity contribution is 5.81. The van der Waals surface area contributed by atoms with Crippen molar-refractivity contribution in [3.63, 3.8) is 0 Å². The number of rotatable bonds is 5. The summed E-state index contributed by atoms with van der Waals surface area (Å²) in [6.45, 7) is 3.08. The van der Waals surface area contributed by atoms with Crippen LogP contribution in [0.3, 0.4) is 0 Å². The van der Waals surface area contributed by atoms with Crippen LogP contribution in [0, 0.1) is 0 Å². The molecule has 1 aromatic carbocycles. The lowest BCUT2D eigenvalue weighted by atomic mass is 10.1. The van der Waals surface area contributed by atoms with Gasteiger partial charge < -0.3 is 9.64 Å². The highest BCUT2D eigenvalue weighted by atomic mass is 16.5. The lowest BCUT2D eigenvalue weighted by Crippen LogP contribution is -2.38. The molecule has 1 amide bonds. The van der Waals surface area contributed by atoms with Gasteiger partial charge in [-0.25, -0.2) is 0 Å². The average molecular weight is 313 g/mol. The van der Waals surface area contributed by atoms with Crippen LogP contribution in [0.1, 0.15) is 36.9 Å². The van der Waals surface area contributed by atoms with Gasteiger partial charge in [-0.05, 0) is 25.3 Å². The summed E-state index contributed by atoms with van der Waals surface area (Å²) in [5.41, 5.74) is 2.19. The van der Waals surface area contributed by atoms with Crippen molar-refractivity contribution in [2.24, 2.45) is 7.05 Å². The number of ether oxygens (including phenoxy) is 1. The van der Waals surface area contributed by atoms with Crippen LogP contribution in [0.15, 0.2) is 42.7 Å². The third-order valence-electron chi connectivity index (χ3n) is 4.34. The molecule has 0 unspecified atom stereocenters. The molecule has 2 heterocycles. The van der Waals surface area contributed by atoms with E-state index in [9.17, 15) is 4.79 Å². The first-order valence-electron chi connectivity index (χ1n) is 8.09. The van der Waals surface area contributed by atoms with Gasteiger partial charge in [-0.2, -0.15) is 5.10 Å². The summed E-state index contributed by atoms with van der Waals surface area (Å²) in [7, 11) is 1.90. The van der Waals surface area contributed by atoms with Crippen molar-refractivity contribution in [1.29, 1.82) is 0 Å². The Labute approximate surface area is 136 Å². The Morgan fingerprint density at radius 3 is 2.87 bits per heavy atom. The van der Waals surface area contributed by atoms with Gasteiger partial charge in [0, 0.05) is 25.4 Å². The monoisotopic (exact) mass is 313 g/mol. The summed E-state index contributed by atoms with van der Waals surface area (Å²) in [5, 5.41) is 4.22. The molecule has 0 spiro atoms. The van der Waals surface area contributed by atoms with Gasteiger partial charge in [0.25, 0.3) is 5.91 Å². The molecule has 0 radical (unpaired) electrons. The molecule has 0 saturated carbocycles. The second-order valence-electron chi connectivity index (χ2n) is 6.08. The predicted octanol–water partition coefficient (Wildman–Crippen LogP) is 2.69. The van der Waals surface area contributed by atoms with Crippen molar-refractivity contribution in [3.8, 4) is 0 Å². The summed E-state index contributed by atoms with van der Waals surface area (Å²) in [5.74, 6) is 0.0623. The van der Waals surface area contributed by atoms with Gasteiger partial charge in [0.05, 0.1) is 18.8 Å². The van der Waals surface area contributed by atoms with Gasteiger partial charge in [-0.1, -0.05) is 30.3 Å². The minimum atomic E-state index is -0.438. The van der Waals surface area contributed by atoms with Crippen LogP contribution in [0.4, 0.5) is 0 Å². The minimum Gasteiger partial charge on any atom is -0.364 e. The van der Waals surface area contributed by atoms with Crippen LogP contribution in [-0.4, -0.2) is 33.2 Å². The smallest absolute Gasteiger partial charge is 0.251 e. The maximum Gasteiger partial charge on any atom is 0.251 e. The molecule has 2 aromatic rings. The average Bonchev–Trinajstić information content (AvgIpc) is 3.21. The molecule has 23 heavy (non-hydrogen) atoms. The Morgan fingerprint density at radius 1 is 1.39 bits per heavy atom. The van der Waals surface area contributed by atoms with Crippen LogP contribution in [0.25, 0.3) is 0 Å². The van der Waals surface area contributed by atoms with Crippen molar-refractivity contribution in [2.45, 2.75) is 38.5 Å². The van der Waals surface area contributed by atoms with Crippen molar-refractivity contribution >= 4 is 5.91 Å². The molecule has 122 valence electrons. The van der Waals surface area contributed by atoms with E-state index in [1.807, 2.05) is 61.6 Å². The molecule has 5 nitrogen and oxygen atoms in total. The summed E-state index contributed by atoms with van der Waals surface area (Å²) in [6, 6.07) is 10.1. The second kappa shape index (κ2) is 6.96. The molecule has 2 atom stereocenters. The Kier molecular flexibility index (Phi) is 4.76. The summed E-state index contributed by atoms with van der Waals surface area (Å²) in [6.07, 6.45) is 5.42. The lowest BCUT2D eigenvalue weighted by molar-refractivity contribution is -0.144. The van der Waals surface area contributed by atoms with Gasteiger partial charge in [0.1, 0.15) is 6.10 Å². The number of hydrogen-bond donors (Lipinski definition) is 0. The van der Waals surface area contributed by atoms with E-state index in [4.69, 9.17) is 4.74 Å². The Morgan fingerprint density at radius 2 is 2.17 bits per heavy atom. The maximum absolute atomic E-state index is 12.7. The number of carbonyl (C=O) groups is 1. The van der Waals surface area contributed by atoms with E-state index >= 15 is 0 Å². The molecule has 0 bridgehead atoms. The minimum absolute atomic E-state index is 0.0623. The number of likely N-dealkylation sites (tertiary alicyclic amines) is 1. The lowest BCUT2D eigenvalue weighted by Gasteiger charge is -2.27. The van der Waals surface area contributed by atoms with Crippen LogP contribution in [-0.2, 0) is 23.2 Å². The number of aryl methyl sites for hydroxylation is 1. The van der Waals surface area contributed by atoms with Gasteiger partial charge >= 0.3 is 0 Å². The standard InChI is InChI=1S/C18H23N3O2/c1-14(23-13-15-7-4-3-5-8-15)18(22)21-10-6-9-17(21)16-11-19-20(2)12-16/h3-5,7-8,11-12,14,17H,6,9-10,13H2,1-2H3/t14-,17+/m0/s1. The van der Waals surface area contributed by atoms with Crippen molar-refractivity contribution in [1.82, 2.24) is 14.7 Å². The molecule has 1 aliphatic heterocycles. The first-order chi connectivity index (χ1) is 11.1. The van der Waals surface area contributed by atoms with Gasteiger partial charge in [-0.3, -0.25) is 9.48 Å². The highest BCUT2D eigenvalue weighted by Crippen LogP contribution is 2.32. The van der Waals surface area contributed by atoms with Gasteiger partial charge in [-0.15, -0.1) is 0 Å². The largest absolute Gasteiger partial charge is 0.364 e. The fourth-order valence-electron chi connectivity index (χ4n) is 3.09. The molecule has 1 fully saturated rings. The molecule has 0 aliphatic carbocycles. The normalized spacial score (nSPS) is 19.0. The first-order valence-corrected chi connectivity index (χ1v) is 8.09. The Bertz CT molecular complexity index is 653. The summed E-state index contributed by atoms with van der Waals surface area (Å²) >= 11 is 0. The van der Waals surface area contributed by atoms with E-state index < -0.39 is 6.10 Å². The molecule has 0 N–H and O–H groups in total. The van der Waals surface area contributed by atoms with Crippen LogP contribution < -0.4 is 0 Å². The fraction of sp³-hybridized carbons (Fsp3) is 0.444. The molecule has 1 aliphatic rings. The van der Waals surface area contributed by atoms with Crippen molar-refractivity contribution in [3.05, 3.63) is 53.9 Å². The highest BCUT2D eigenvalue weighted by Gasteiger charge is 2.33. The Hall–Kier alpha value is -2.14. The zero-order valence-electron chi connectivity index (χ0n) is 13.7. The topological polar surface area (TPSA) is 47.4 Å². The van der Waals surface area contributed by atoms with Gasteiger partial charge in [0.15, 0.2) is 0 Å². The molecule has 5 heteroatoms. The number of carbonyl (C=O) groups excluding carboxylic acids is 1. The molecule has 1 saturated heterocycles. The van der Waals surface area contributed by atoms with E-state index in [-0.39, 0.29) is 11.9 Å². The predicted molar refractivity (Wildman–Crippen MR) is 87.6 cm³/mol. The molecular formula is C18H23N3O2. The SMILES string of the molecule is C[C@H](OCc1ccccc1)C(=O)N1CCC[C@@H]1c1cnn(C)c1. The third-order valence-corrected chi connectivity index (χ3v) is 4.34. The van der Waals surface area contributed by atoms with Crippen LogP contribution in [0.5, 0.6) is 0 Å². The fourth-order valence-corrected chi connectivity index (χ4v) is 3.09. The number of benzene rings is 1. The number of amides is 1. The summed E-state index contributed by atoms with van der Waals surface area (Å²) < 4.78 is 7.56. The number of nitrogens with zero attached hydrogens (tertiary/aromatic N) is 3. The van der Waals surface area contributed by atoms with Crippen LogP contribution >= 0.6 is 0 Å². The molecular weight excluding hydrogens is 290 g/mol. The molecule has 1 aromatic heterocycles. The third kappa shape index (κ3) is 3.62. The zero-order chi connectivity index (χ0) is 16.2.